The minimum absolute atomic E-state index is 0.0565. The maximum Gasteiger partial charge on any atom is 0.222 e. The van der Waals surface area contributed by atoms with Crippen LogP contribution in [-0.2, 0) is 6.54 Å². The lowest BCUT2D eigenvalue weighted by Crippen LogP contribution is -2.10. The topological polar surface area (TPSA) is 81.6 Å². The number of aromatic nitrogens is 4. The van der Waals surface area contributed by atoms with Crippen molar-refractivity contribution in [1.29, 1.82) is 0 Å². The number of hydrogen-bond donors (Lipinski definition) is 2. The molecule has 0 saturated heterocycles. The van der Waals surface area contributed by atoms with Crippen LogP contribution in [-0.4, -0.2) is 26.3 Å². The van der Waals surface area contributed by atoms with Crippen molar-refractivity contribution < 1.29 is 4.39 Å². The van der Waals surface area contributed by atoms with Gasteiger partial charge in [0.25, 0.3) is 0 Å². The SMILES string of the molecule is Nc1ncc(F)c(NCCCn2cccn2)n1. The van der Waals surface area contributed by atoms with Crippen molar-refractivity contribution in [3.63, 3.8) is 0 Å². The molecule has 0 spiro atoms. The van der Waals surface area contributed by atoms with Crippen LogP contribution in [0.5, 0.6) is 0 Å². The van der Waals surface area contributed by atoms with Gasteiger partial charge in [-0.2, -0.15) is 10.1 Å². The van der Waals surface area contributed by atoms with E-state index in [4.69, 9.17) is 5.73 Å². The van der Waals surface area contributed by atoms with Crippen molar-refractivity contribution in [2.24, 2.45) is 0 Å². The van der Waals surface area contributed by atoms with Crippen LogP contribution in [0.15, 0.2) is 24.7 Å². The molecule has 0 fully saturated rings. The van der Waals surface area contributed by atoms with Crippen LogP contribution in [0.4, 0.5) is 16.2 Å². The molecule has 0 atom stereocenters. The molecule has 0 saturated carbocycles. The smallest absolute Gasteiger partial charge is 0.222 e. The van der Waals surface area contributed by atoms with Crippen LogP contribution in [0, 0.1) is 5.82 Å². The summed E-state index contributed by atoms with van der Waals surface area (Å²) >= 11 is 0. The van der Waals surface area contributed by atoms with Gasteiger partial charge in [0, 0.05) is 25.5 Å². The third-order valence-corrected chi connectivity index (χ3v) is 2.18. The third-order valence-electron chi connectivity index (χ3n) is 2.18. The zero-order valence-electron chi connectivity index (χ0n) is 9.17. The van der Waals surface area contributed by atoms with Crippen molar-refractivity contribution >= 4 is 11.8 Å². The summed E-state index contributed by atoms with van der Waals surface area (Å²) in [5, 5.41) is 6.93. The fraction of sp³-hybridized carbons (Fsp3) is 0.300. The molecule has 2 rings (SSSR count). The van der Waals surface area contributed by atoms with Gasteiger partial charge in [-0.05, 0) is 12.5 Å². The van der Waals surface area contributed by atoms with E-state index in [1.54, 1.807) is 6.20 Å². The minimum atomic E-state index is -0.502. The second-order valence-electron chi connectivity index (χ2n) is 3.47. The molecule has 2 aromatic heterocycles. The van der Waals surface area contributed by atoms with E-state index in [2.05, 4.69) is 20.4 Å². The summed E-state index contributed by atoms with van der Waals surface area (Å²) in [6.45, 7) is 1.36. The largest absolute Gasteiger partial charge is 0.368 e. The van der Waals surface area contributed by atoms with E-state index in [9.17, 15) is 4.39 Å². The molecule has 90 valence electrons. The molecule has 0 aliphatic carbocycles. The first-order chi connectivity index (χ1) is 8.25. The van der Waals surface area contributed by atoms with Crippen molar-refractivity contribution in [2.75, 3.05) is 17.6 Å². The minimum Gasteiger partial charge on any atom is -0.368 e. The van der Waals surface area contributed by atoms with E-state index < -0.39 is 5.82 Å². The second-order valence-corrected chi connectivity index (χ2v) is 3.47. The maximum absolute atomic E-state index is 13.2. The first-order valence-electron chi connectivity index (χ1n) is 5.25. The monoisotopic (exact) mass is 236 g/mol. The number of hydrogen-bond acceptors (Lipinski definition) is 5. The Morgan fingerprint density at radius 3 is 3.12 bits per heavy atom. The number of nitrogens with one attached hydrogen (secondary N) is 1. The predicted octanol–water partition coefficient (Wildman–Crippen LogP) is 0.897. The summed E-state index contributed by atoms with van der Waals surface area (Å²) in [6.07, 6.45) is 5.46. The normalized spacial score (nSPS) is 10.4. The van der Waals surface area contributed by atoms with Gasteiger partial charge in [-0.15, -0.1) is 0 Å². The number of nitrogen functional groups attached to an aromatic ring is 1. The van der Waals surface area contributed by atoms with Crippen LogP contribution < -0.4 is 11.1 Å². The molecule has 3 N–H and O–H groups in total. The molecule has 0 aromatic carbocycles. The Morgan fingerprint density at radius 2 is 2.35 bits per heavy atom. The zero-order chi connectivity index (χ0) is 12.1. The molecule has 17 heavy (non-hydrogen) atoms. The Balaban J connectivity index is 1.80. The van der Waals surface area contributed by atoms with Gasteiger partial charge in [0.2, 0.25) is 5.95 Å². The first kappa shape index (κ1) is 11.3. The van der Waals surface area contributed by atoms with E-state index in [1.165, 1.54) is 0 Å². The van der Waals surface area contributed by atoms with Crippen LogP contribution in [0.2, 0.25) is 0 Å². The molecular formula is C10H13FN6. The maximum atomic E-state index is 13.2. The second kappa shape index (κ2) is 5.24. The van der Waals surface area contributed by atoms with Crippen LogP contribution in [0.25, 0.3) is 0 Å². The van der Waals surface area contributed by atoms with E-state index in [1.807, 2.05) is 16.9 Å². The standard InChI is InChI=1S/C10H13FN6/c11-8-7-14-10(12)16-9(8)13-3-1-5-17-6-2-4-15-17/h2,4,6-7H,1,3,5H2,(H3,12,13,14,16). The van der Waals surface area contributed by atoms with E-state index >= 15 is 0 Å². The van der Waals surface area contributed by atoms with Crippen molar-refractivity contribution in [3.8, 4) is 0 Å². The quantitative estimate of drug-likeness (QED) is 0.754. The number of nitrogens with zero attached hydrogens (tertiary/aromatic N) is 4. The molecule has 0 radical (unpaired) electrons. The number of aryl methyl sites for hydroxylation is 1. The summed E-state index contributed by atoms with van der Waals surface area (Å²) in [4.78, 5) is 7.31. The Morgan fingerprint density at radius 1 is 1.47 bits per heavy atom. The number of anilines is 2. The van der Waals surface area contributed by atoms with Gasteiger partial charge in [-0.1, -0.05) is 0 Å². The molecule has 0 amide bonds. The number of halogens is 1. The van der Waals surface area contributed by atoms with E-state index in [0.717, 1.165) is 19.2 Å². The average molecular weight is 236 g/mol. The van der Waals surface area contributed by atoms with Gasteiger partial charge in [-0.3, -0.25) is 4.68 Å². The number of nitrogens with two attached hydrogens (primary N) is 1. The molecule has 0 bridgehead atoms. The zero-order valence-corrected chi connectivity index (χ0v) is 9.17. The summed E-state index contributed by atoms with van der Waals surface area (Å²) in [7, 11) is 0. The van der Waals surface area contributed by atoms with Gasteiger partial charge >= 0.3 is 0 Å². The molecule has 0 aliphatic rings. The molecule has 2 heterocycles. The molecule has 6 nitrogen and oxygen atoms in total. The molecule has 2 aromatic rings. The number of rotatable bonds is 5. The van der Waals surface area contributed by atoms with Crippen molar-refractivity contribution in [2.45, 2.75) is 13.0 Å². The van der Waals surface area contributed by atoms with Crippen LogP contribution >= 0.6 is 0 Å². The average Bonchev–Trinajstić information content (AvgIpc) is 2.82. The van der Waals surface area contributed by atoms with Gasteiger partial charge in [-0.25, -0.2) is 9.37 Å². The summed E-state index contributed by atoms with van der Waals surface area (Å²) in [5.74, 6) is -0.308. The Kier molecular flexibility index (Phi) is 3.49. The fourth-order valence-corrected chi connectivity index (χ4v) is 1.39. The highest BCUT2D eigenvalue weighted by Gasteiger charge is 2.03. The first-order valence-corrected chi connectivity index (χ1v) is 5.25. The molecule has 7 heteroatoms. The van der Waals surface area contributed by atoms with Gasteiger partial charge in [0.15, 0.2) is 11.6 Å². The van der Waals surface area contributed by atoms with E-state index in [0.29, 0.717) is 6.54 Å². The third kappa shape index (κ3) is 3.13. The lowest BCUT2D eigenvalue weighted by atomic mass is 10.4. The van der Waals surface area contributed by atoms with Gasteiger partial charge in [0.1, 0.15) is 0 Å². The molecule has 0 unspecified atom stereocenters. The lowest BCUT2D eigenvalue weighted by Gasteiger charge is -2.06. The summed E-state index contributed by atoms with van der Waals surface area (Å²) in [5.41, 5.74) is 5.37. The van der Waals surface area contributed by atoms with Crippen molar-refractivity contribution in [3.05, 3.63) is 30.5 Å². The predicted molar refractivity (Wildman–Crippen MR) is 61.7 cm³/mol. The summed E-state index contributed by atoms with van der Waals surface area (Å²) < 4.78 is 15.0. The Labute approximate surface area is 97.7 Å². The van der Waals surface area contributed by atoms with Gasteiger partial charge in [0.05, 0.1) is 6.20 Å². The summed E-state index contributed by atoms with van der Waals surface area (Å²) in [6, 6.07) is 1.86. The van der Waals surface area contributed by atoms with Gasteiger partial charge < -0.3 is 11.1 Å². The lowest BCUT2D eigenvalue weighted by molar-refractivity contribution is 0.586. The molecule has 0 aliphatic heterocycles. The van der Waals surface area contributed by atoms with Crippen LogP contribution in [0.3, 0.4) is 0 Å². The molecular weight excluding hydrogens is 223 g/mol. The Bertz CT molecular complexity index is 470. The highest BCUT2D eigenvalue weighted by molar-refractivity contribution is 5.38. The van der Waals surface area contributed by atoms with E-state index in [-0.39, 0.29) is 11.8 Å². The highest BCUT2D eigenvalue weighted by Crippen LogP contribution is 2.09. The fourth-order valence-electron chi connectivity index (χ4n) is 1.39. The Hall–Kier alpha value is -2.18. The van der Waals surface area contributed by atoms with Crippen LogP contribution in [0.1, 0.15) is 6.42 Å². The highest BCUT2D eigenvalue weighted by atomic mass is 19.1. The van der Waals surface area contributed by atoms with Crippen molar-refractivity contribution in [1.82, 2.24) is 19.7 Å².